The summed E-state index contributed by atoms with van der Waals surface area (Å²) in [6, 6.07) is 1.42. The Kier molecular flexibility index (Phi) is 4.57. The number of hydrogen-bond acceptors (Lipinski definition) is 4. The van der Waals surface area contributed by atoms with E-state index in [1.807, 2.05) is 4.90 Å². The van der Waals surface area contributed by atoms with Crippen molar-refractivity contribution in [3.63, 3.8) is 0 Å². The van der Waals surface area contributed by atoms with Gasteiger partial charge in [-0.05, 0) is 51.1 Å². The lowest BCUT2D eigenvalue weighted by Crippen LogP contribution is -2.49. The molecule has 30 heavy (non-hydrogen) atoms. The number of rotatable bonds is 5. The zero-order valence-corrected chi connectivity index (χ0v) is 16.8. The van der Waals surface area contributed by atoms with Gasteiger partial charge in [0.15, 0.2) is 5.82 Å². The second-order valence-corrected chi connectivity index (χ2v) is 8.75. The first-order valence-electron chi connectivity index (χ1n) is 10.7. The molecule has 2 atom stereocenters. The Bertz CT molecular complexity index is 1080. The summed E-state index contributed by atoms with van der Waals surface area (Å²) in [7, 11) is 0. The van der Waals surface area contributed by atoms with Crippen molar-refractivity contribution in [2.75, 3.05) is 11.4 Å². The maximum atomic E-state index is 15.9. The summed E-state index contributed by atoms with van der Waals surface area (Å²) < 4.78 is 32.7. The SMILES string of the molecule is CCNC1CC2CCC(C1)N2c1c(F)cc2c(=O)c(C(=O)O)cn(C3CC3)c2c1F. The van der Waals surface area contributed by atoms with Crippen LogP contribution in [-0.2, 0) is 0 Å². The van der Waals surface area contributed by atoms with Crippen LogP contribution >= 0.6 is 0 Å². The monoisotopic (exact) mass is 417 g/mol. The number of pyridine rings is 1. The minimum atomic E-state index is -1.38. The second kappa shape index (κ2) is 7.04. The van der Waals surface area contributed by atoms with Crippen LogP contribution in [0.15, 0.2) is 17.1 Å². The largest absolute Gasteiger partial charge is 0.477 e. The van der Waals surface area contributed by atoms with Crippen LogP contribution in [0.1, 0.15) is 61.8 Å². The lowest BCUT2D eigenvalue weighted by Gasteiger charge is -2.41. The van der Waals surface area contributed by atoms with Crippen molar-refractivity contribution >= 4 is 22.6 Å². The van der Waals surface area contributed by atoms with E-state index in [9.17, 15) is 14.7 Å². The van der Waals surface area contributed by atoms with Crippen molar-refractivity contribution in [1.29, 1.82) is 0 Å². The Morgan fingerprint density at radius 2 is 1.80 bits per heavy atom. The minimum absolute atomic E-state index is 0.0251. The molecule has 0 spiro atoms. The van der Waals surface area contributed by atoms with E-state index >= 15 is 8.78 Å². The molecule has 3 fully saturated rings. The van der Waals surface area contributed by atoms with Gasteiger partial charge in [0, 0.05) is 30.4 Å². The van der Waals surface area contributed by atoms with Gasteiger partial charge in [0.25, 0.3) is 0 Å². The third-order valence-corrected chi connectivity index (χ3v) is 6.84. The van der Waals surface area contributed by atoms with E-state index < -0.39 is 28.6 Å². The van der Waals surface area contributed by atoms with Crippen LogP contribution < -0.4 is 15.6 Å². The highest BCUT2D eigenvalue weighted by atomic mass is 19.1. The molecule has 2 aromatic rings. The van der Waals surface area contributed by atoms with Crippen LogP contribution in [-0.4, -0.2) is 40.3 Å². The van der Waals surface area contributed by atoms with Gasteiger partial charge in [0.1, 0.15) is 17.1 Å². The molecule has 1 aromatic heterocycles. The number of halogens is 2. The van der Waals surface area contributed by atoms with Crippen molar-refractivity contribution in [1.82, 2.24) is 9.88 Å². The van der Waals surface area contributed by atoms with Crippen LogP contribution in [0.2, 0.25) is 0 Å². The Labute approximate surface area is 172 Å². The highest BCUT2D eigenvalue weighted by Crippen LogP contribution is 2.44. The van der Waals surface area contributed by atoms with E-state index in [0.29, 0.717) is 6.04 Å². The van der Waals surface area contributed by atoms with E-state index in [0.717, 1.165) is 51.1 Å². The molecule has 5 rings (SSSR count). The molecule has 2 bridgehead atoms. The maximum Gasteiger partial charge on any atom is 0.341 e. The Morgan fingerprint density at radius 3 is 2.37 bits per heavy atom. The summed E-state index contributed by atoms with van der Waals surface area (Å²) in [6.07, 6.45) is 6.21. The van der Waals surface area contributed by atoms with E-state index in [-0.39, 0.29) is 34.7 Å². The average molecular weight is 417 g/mol. The Morgan fingerprint density at radius 1 is 1.17 bits per heavy atom. The molecule has 160 valence electrons. The first-order valence-corrected chi connectivity index (χ1v) is 10.7. The zero-order chi connectivity index (χ0) is 21.2. The predicted molar refractivity (Wildman–Crippen MR) is 109 cm³/mol. The van der Waals surface area contributed by atoms with Gasteiger partial charge in [-0.3, -0.25) is 4.79 Å². The Balaban J connectivity index is 1.68. The van der Waals surface area contributed by atoms with Crippen LogP contribution in [0.4, 0.5) is 14.5 Å². The molecule has 1 saturated carbocycles. The number of carboxylic acid groups (broad SMARTS) is 1. The number of aromatic carboxylic acids is 1. The predicted octanol–water partition coefficient (Wildman–Crippen LogP) is 3.42. The molecule has 2 aliphatic heterocycles. The van der Waals surface area contributed by atoms with Gasteiger partial charge >= 0.3 is 5.97 Å². The quantitative estimate of drug-likeness (QED) is 0.780. The fourth-order valence-electron chi connectivity index (χ4n) is 5.46. The number of aromatic nitrogens is 1. The normalized spacial score (nSPS) is 25.8. The lowest BCUT2D eigenvalue weighted by molar-refractivity contribution is 0.0695. The smallest absolute Gasteiger partial charge is 0.341 e. The van der Waals surface area contributed by atoms with Crippen molar-refractivity contribution < 1.29 is 18.7 Å². The molecule has 6 nitrogen and oxygen atoms in total. The van der Waals surface area contributed by atoms with Crippen molar-refractivity contribution in [3.8, 4) is 0 Å². The summed E-state index contributed by atoms with van der Waals surface area (Å²) in [5.74, 6) is -2.92. The first-order chi connectivity index (χ1) is 14.4. The molecule has 1 aliphatic carbocycles. The summed E-state index contributed by atoms with van der Waals surface area (Å²) in [4.78, 5) is 26.1. The molecule has 2 unspecified atom stereocenters. The maximum absolute atomic E-state index is 15.9. The minimum Gasteiger partial charge on any atom is -0.477 e. The number of carbonyl (C=O) groups is 1. The number of carboxylic acids is 1. The summed E-state index contributed by atoms with van der Waals surface area (Å²) >= 11 is 0. The lowest BCUT2D eigenvalue weighted by atomic mass is 9.96. The molecule has 3 heterocycles. The molecule has 1 aromatic carbocycles. The highest BCUT2D eigenvalue weighted by molar-refractivity contribution is 5.94. The van der Waals surface area contributed by atoms with Crippen LogP contribution in [0.25, 0.3) is 10.9 Å². The molecule has 2 N–H and O–H groups in total. The van der Waals surface area contributed by atoms with E-state index in [2.05, 4.69) is 12.2 Å². The van der Waals surface area contributed by atoms with Gasteiger partial charge in [-0.25, -0.2) is 13.6 Å². The highest BCUT2D eigenvalue weighted by Gasteiger charge is 2.43. The summed E-state index contributed by atoms with van der Waals surface area (Å²) in [5, 5.41) is 12.6. The zero-order valence-electron chi connectivity index (χ0n) is 16.8. The summed E-state index contributed by atoms with van der Waals surface area (Å²) in [5.41, 5.74) is -1.33. The van der Waals surface area contributed by atoms with Crippen molar-refractivity contribution in [2.45, 2.75) is 69.6 Å². The topological polar surface area (TPSA) is 74.6 Å². The molecule has 0 radical (unpaired) electrons. The number of piperidine rings is 1. The molecular weight excluding hydrogens is 392 g/mol. The van der Waals surface area contributed by atoms with Gasteiger partial charge in [-0.2, -0.15) is 0 Å². The molecular formula is C22H25F2N3O3. The number of benzene rings is 1. The molecule has 8 heteroatoms. The fourth-order valence-corrected chi connectivity index (χ4v) is 5.46. The number of anilines is 1. The van der Waals surface area contributed by atoms with Crippen LogP contribution in [0.3, 0.4) is 0 Å². The van der Waals surface area contributed by atoms with Crippen LogP contribution in [0, 0.1) is 11.6 Å². The van der Waals surface area contributed by atoms with Gasteiger partial charge in [0.2, 0.25) is 5.43 Å². The second-order valence-electron chi connectivity index (χ2n) is 8.75. The third-order valence-electron chi connectivity index (χ3n) is 6.84. The van der Waals surface area contributed by atoms with Crippen LogP contribution in [0.5, 0.6) is 0 Å². The van der Waals surface area contributed by atoms with Gasteiger partial charge < -0.3 is 19.9 Å². The first kappa shape index (κ1) is 19.5. The van der Waals surface area contributed by atoms with Crippen molar-refractivity contribution in [3.05, 3.63) is 39.7 Å². The standard InChI is InChI=1S/C22H25F2N3O3/c1-2-25-11-7-13-5-6-14(8-11)27(13)20-17(23)9-15-19(18(20)24)26(12-3-4-12)10-16(21(15)28)22(29)30/h9-14,25H,2-8H2,1H3,(H,29,30). The summed E-state index contributed by atoms with van der Waals surface area (Å²) in [6.45, 7) is 2.92. The number of nitrogens with one attached hydrogen (secondary N) is 1. The van der Waals surface area contributed by atoms with E-state index in [1.54, 1.807) is 0 Å². The molecule has 3 aliphatic rings. The third kappa shape index (κ3) is 2.92. The number of fused-ring (bicyclic) bond motifs is 3. The number of hydrogen-bond donors (Lipinski definition) is 2. The molecule has 2 saturated heterocycles. The fraction of sp³-hybridized carbons (Fsp3) is 0.545. The molecule has 0 amide bonds. The van der Waals surface area contributed by atoms with Gasteiger partial charge in [0.05, 0.1) is 10.9 Å². The van der Waals surface area contributed by atoms with Crippen molar-refractivity contribution in [2.24, 2.45) is 0 Å². The Hall–Kier alpha value is -2.48. The number of nitrogens with zero attached hydrogens (tertiary/aromatic N) is 2. The van der Waals surface area contributed by atoms with E-state index in [4.69, 9.17) is 0 Å². The van der Waals surface area contributed by atoms with Gasteiger partial charge in [-0.1, -0.05) is 6.92 Å². The average Bonchev–Trinajstić information content (AvgIpc) is 3.49. The van der Waals surface area contributed by atoms with Gasteiger partial charge in [-0.15, -0.1) is 0 Å². The van der Waals surface area contributed by atoms with E-state index in [1.165, 1.54) is 10.8 Å².